The topological polar surface area (TPSA) is 142 Å². The second kappa shape index (κ2) is 10.6. The molecule has 1 aromatic rings. The lowest BCUT2D eigenvalue weighted by Gasteiger charge is -2.41. The molecule has 4 unspecified atom stereocenters. The summed E-state index contributed by atoms with van der Waals surface area (Å²) in [5.74, 6) is -1.06. The molecule has 0 bridgehead atoms. The van der Waals surface area contributed by atoms with Gasteiger partial charge in [0, 0.05) is 23.7 Å². The molecular formula is C23H32ClN3O7S. The van der Waals surface area contributed by atoms with E-state index >= 15 is 0 Å². The number of nitrogens with zero attached hydrogens (tertiary/aromatic N) is 1. The summed E-state index contributed by atoms with van der Waals surface area (Å²) in [5, 5.41) is 14.5. The van der Waals surface area contributed by atoms with Crippen LogP contribution in [-0.4, -0.2) is 72.5 Å². The van der Waals surface area contributed by atoms with Crippen molar-refractivity contribution in [3.63, 3.8) is 0 Å². The van der Waals surface area contributed by atoms with E-state index in [2.05, 4.69) is 10.6 Å². The van der Waals surface area contributed by atoms with Crippen molar-refractivity contribution in [2.24, 2.45) is 5.92 Å². The highest BCUT2D eigenvalue weighted by Gasteiger charge is 2.44. The average molecular weight is 530 g/mol. The Morgan fingerprint density at radius 3 is 2.40 bits per heavy atom. The Labute approximate surface area is 210 Å². The van der Waals surface area contributed by atoms with Crippen LogP contribution in [0.15, 0.2) is 29.2 Å². The fraction of sp³-hybridized carbons (Fsp3) is 0.609. The van der Waals surface area contributed by atoms with Crippen molar-refractivity contribution in [1.82, 2.24) is 15.5 Å². The van der Waals surface area contributed by atoms with Gasteiger partial charge in [0.25, 0.3) is 0 Å². The second-order valence-corrected chi connectivity index (χ2v) is 12.5. The number of benzene rings is 1. The van der Waals surface area contributed by atoms with E-state index in [1.165, 1.54) is 24.3 Å². The minimum Gasteiger partial charge on any atom is -0.465 e. The number of sulfone groups is 1. The molecule has 4 atom stereocenters. The van der Waals surface area contributed by atoms with Crippen molar-refractivity contribution in [2.45, 2.75) is 75.1 Å². The number of carbonyl (C=O) groups excluding carboxylic acids is 2. The normalized spacial score (nSPS) is 25.3. The summed E-state index contributed by atoms with van der Waals surface area (Å²) >= 11 is 5.90. The molecule has 35 heavy (non-hydrogen) atoms. The molecule has 1 saturated carbocycles. The molecule has 3 rings (SSSR count). The first-order chi connectivity index (χ1) is 16.2. The zero-order valence-electron chi connectivity index (χ0n) is 20.0. The van der Waals surface area contributed by atoms with Gasteiger partial charge in [0.15, 0.2) is 9.84 Å². The van der Waals surface area contributed by atoms with Gasteiger partial charge in [-0.25, -0.2) is 18.0 Å². The number of halogens is 1. The number of rotatable bonds is 6. The summed E-state index contributed by atoms with van der Waals surface area (Å²) in [6.45, 7) is 5.60. The first kappa shape index (κ1) is 27.1. The van der Waals surface area contributed by atoms with Gasteiger partial charge in [-0.15, -0.1) is 0 Å². The van der Waals surface area contributed by atoms with Gasteiger partial charge in [-0.2, -0.15) is 0 Å². The Balaban J connectivity index is 1.80. The number of amides is 3. The first-order valence-corrected chi connectivity index (χ1v) is 13.6. The van der Waals surface area contributed by atoms with E-state index in [1.54, 1.807) is 25.7 Å². The van der Waals surface area contributed by atoms with Crippen molar-refractivity contribution in [1.29, 1.82) is 0 Å². The molecule has 0 radical (unpaired) electrons. The third kappa shape index (κ3) is 7.23. The monoisotopic (exact) mass is 529 g/mol. The van der Waals surface area contributed by atoms with E-state index in [-0.39, 0.29) is 22.6 Å². The minimum atomic E-state index is -3.72. The van der Waals surface area contributed by atoms with Crippen molar-refractivity contribution < 1.29 is 32.6 Å². The van der Waals surface area contributed by atoms with Crippen LogP contribution in [-0.2, 0) is 19.4 Å². The van der Waals surface area contributed by atoms with Crippen LogP contribution in [0.4, 0.5) is 9.59 Å². The van der Waals surface area contributed by atoms with Crippen LogP contribution < -0.4 is 10.6 Å². The molecule has 3 amide bonds. The third-order valence-corrected chi connectivity index (χ3v) is 8.32. The molecule has 3 N–H and O–H groups in total. The first-order valence-electron chi connectivity index (χ1n) is 11.5. The maximum atomic E-state index is 13.2. The lowest BCUT2D eigenvalue weighted by atomic mass is 9.81. The van der Waals surface area contributed by atoms with Gasteiger partial charge in [-0.05, 0) is 76.6 Å². The molecule has 1 aromatic carbocycles. The number of hydrogen-bond acceptors (Lipinski definition) is 6. The molecule has 1 aliphatic carbocycles. The quantitative estimate of drug-likeness (QED) is 0.514. The molecule has 10 nitrogen and oxygen atoms in total. The standard InChI is InChI=1S/C23H32ClN3O7S/c1-23(2,3)34-22(31)25-16-6-9-19(27-11-10-18(20(27)28)26-21(29)30)14(12-16)13-35(32,33)17-7-4-15(24)5-8-17/h4-5,7-8,14,16,18-19,26H,6,9-13H2,1-3H3,(H,25,31)(H,29,30). The fourth-order valence-corrected chi connectivity index (χ4v) is 6.57. The lowest BCUT2D eigenvalue weighted by Crippen LogP contribution is -2.53. The van der Waals surface area contributed by atoms with E-state index < -0.39 is 45.6 Å². The van der Waals surface area contributed by atoms with Gasteiger partial charge >= 0.3 is 12.2 Å². The molecule has 2 aliphatic rings. The van der Waals surface area contributed by atoms with Gasteiger partial charge in [-0.1, -0.05) is 11.6 Å². The summed E-state index contributed by atoms with van der Waals surface area (Å²) < 4.78 is 31.8. The van der Waals surface area contributed by atoms with Gasteiger partial charge in [0.05, 0.1) is 10.6 Å². The van der Waals surface area contributed by atoms with Crippen LogP contribution in [0.25, 0.3) is 0 Å². The summed E-state index contributed by atoms with van der Waals surface area (Å²) in [6, 6.07) is 4.33. The van der Waals surface area contributed by atoms with Crippen molar-refractivity contribution >= 4 is 39.5 Å². The molecule has 194 valence electrons. The molecular weight excluding hydrogens is 498 g/mol. The molecule has 0 spiro atoms. The fourth-order valence-electron chi connectivity index (χ4n) is 4.78. The Morgan fingerprint density at radius 2 is 1.80 bits per heavy atom. The molecule has 1 aliphatic heterocycles. The highest BCUT2D eigenvalue weighted by Crippen LogP contribution is 2.34. The average Bonchev–Trinajstić information content (AvgIpc) is 3.06. The summed E-state index contributed by atoms with van der Waals surface area (Å²) in [7, 11) is -3.72. The van der Waals surface area contributed by atoms with Gasteiger partial charge in [0.1, 0.15) is 11.6 Å². The number of nitrogens with one attached hydrogen (secondary N) is 2. The van der Waals surface area contributed by atoms with E-state index in [1.807, 2.05) is 0 Å². The van der Waals surface area contributed by atoms with E-state index in [0.29, 0.717) is 37.3 Å². The maximum Gasteiger partial charge on any atom is 0.407 e. The molecule has 0 aromatic heterocycles. The van der Waals surface area contributed by atoms with Crippen LogP contribution >= 0.6 is 11.6 Å². The number of hydrogen-bond donors (Lipinski definition) is 3. The molecule has 1 heterocycles. The Hall–Kier alpha value is -2.53. The predicted octanol–water partition coefficient (Wildman–Crippen LogP) is 3.04. The lowest BCUT2D eigenvalue weighted by molar-refractivity contribution is -0.133. The highest BCUT2D eigenvalue weighted by atomic mass is 35.5. The van der Waals surface area contributed by atoms with Crippen LogP contribution in [0.3, 0.4) is 0 Å². The second-order valence-electron chi connectivity index (χ2n) is 10.0. The van der Waals surface area contributed by atoms with E-state index in [9.17, 15) is 22.8 Å². The van der Waals surface area contributed by atoms with E-state index in [0.717, 1.165) is 0 Å². The number of ether oxygens (including phenoxy) is 1. The van der Waals surface area contributed by atoms with Gasteiger partial charge in [0.2, 0.25) is 5.91 Å². The Bertz CT molecular complexity index is 1060. The number of carboxylic acid groups (broad SMARTS) is 1. The molecule has 12 heteroatoms. The smallest absolute Gasteiger partial charge is 0.407 e. The Kier molecular flexibility index (Phi) is 8.21. The van der Waals surface area contributed by atoms with Crippen molar-refractivity contribution in [2.75, 3.05) is 12.3 Å². The number of carbonyl (C=O) groups is 3. The summed E-state index contributed by atoms with van der Waals surface area (Å²) in [5.41, 5.74) is -0.674. The summed E-state index contributed by atoms with van der Waals surface area (Å²) in [4.78, 5) is 38.0. The van der Waals surface area contributed by atoms with E-state index in [4.69, 9.17) is 21.4 Å². The van der Waals surface area contributed by atoms with Crippen molar-refractivity contribution in [3.8, 4) is 0 Å². The predicted molar refractivity (Wildman–Crippen MR) is 129 cm³/mol. The number of likely N-dealkylation sites (tertiary alicyclic amines) is 1. The zero-order chi connectivity index (χ0) is 26.0. The largest absolute Gasteiger partial charge is 0.465 e. The maximum absolute atomic E-state index is 13.2. The van der Waals surface area contributed by atoms with Crippen LogP contribution in [0, 0.1) is 5.92 Å². The van der Waals surface area contributed by atoms with Gasteiger partial charge < -0.3 is 25.4 Å². The zero-order valence-corrected chi connectivity index (χ0v) is 21.6. The van der Waals surface area contributed by atoms with Crippen LogP contribution in [0.2, 0.25) is 5.02 Å². The highest BCUT2D eigenvalue weighted by molar-refractivity contribution is 7.91. The van der Waals surface area contributed by atoms with Crippen molar-refractivity contribution in [3.05, 3.63) is 29.3 Å². The van der Waals surface area contributed by atoms with Crippen LogP contribution in [0.5, 0.6) is 0 Å². The SMILES string of the molecule is CC(C)(C)OC(=O)NC1CCC(N2CCC(NC(=O)O)C2=O)C(CS(=O)(=O)c2ccc(Cl)cc2)C1. The Morgan fingerprint density at radius 1 is 1.14 bits per heavy atom. The molecule has 1 saturated heterocycles. The summed E-state index contributed by atoms with van der Waals surface area (Å²) in [6.07, 6.45) is -0.217. The number of alkyl carbamates (subject to hydrolysis) is 1. The third-order valence-electron chi connectivity index (χ3n) is 6.21. The van der Waals surface area contributed by atoms with Gasteiger partial charge in [-0.3, -0.25) is 4.79 Å². The minimum absolute atomic E-state index is 0.126. The van der Waals surface area contributed by atoms with Crippen LogP contribution in [0.1, 0.15) is 46.5 Å². The molecule has 2 fully saturated rings.